The second-order valence-corrected chi connectivity index (χ2v) is 6.69. The molecule has 3 amide bonds. The predicted octanol–water partition coefficient (Wildman–Crippen LogP) is 4.02. The van der Waals surface area contributed by atoms with Gasteiger partial charge in [0, 0.05) is 12.6 Å². The molecule has 2 aromatic carbocycles. The molecular formula is C19H15FN2O3S. The van der Waals surface area contributed by atoms with Crippen LogP contribution in [0, 0.1) is 5.82 Å². The quantitative estimate of drug-likeness (QED) is 0.826. The molecule has 26 heavy (non-hydrogen) atoms. The van der Waals surface area contributed by atoms with Gasteiger partial charge in [0.15, 0.2) is 0 Å². The van der Waals surface area contributed by atoms with Crippen LogP contribution in [-0.4, -0.2) is 22.0 Å². The van der Waals surface area contributed by atoms with Crippen LogP contribution in [0.3, 0.4) is 0 Å². The number of rotatable bonds is 4. The van der Waals surface area contributed by atoms with Gasteiger partial charge in [0.2, 0.25) is 5.91 Å². The number of carbonyl (C=O) groups excluding carboxylic acids is 3. The van der Waals surface area contributed by atoms with Crippen molar-refractivity contribution in [2.75, 3.05) is 5.32 Å². The SMILES string of the molecule is CC(=O)Nc1ccc(/C=C2\SC(=O)N(Cc3ccc(F)cc3)C2=O)cc1. The Hall–Kier alpha value is -2.93. The number of anilines is 1. The summed E-state index contributed by atoms with van der Waals surface area (Å²) < 4.78 is 13.0. The summed E-state index contributed by atoms with van der Waals surface area (Å²) in [6, 6.07) is 12.6. The van der Waals surface area contributed by atoms with E-state index in [0.717, 1.165) is 22.2 Å². The summed E-state index contributed by atoms with van der Waals surface area (Å²) in [6.45, 7) is 1.52. The molecule has 0 saturated carbocycles. The highest BCUT2D eigenvalue weighted by Gasteiger charge is 2.34. The number of nitrogens with zero attached hydrogens (tertiary/aromatic N) is 1. The molecule has 1 heterocycles. The van der Waals surface area contributed by atoms with E-state index >= 15 is 0 Å². The Balaban J connectivity index is 1.74. The molecule has 7 heteroatoms. The Morgan fingerprint density at radius 1 is 1.12 bits per heavy atom. The molecule has 1 saturated heterocycles. The Bertz CT molecular complexity index is 892. The first-order chi connectivity index (χ1) is 12.4. The monoisotopic (exact) mass is 370 g/mol. The van der Waals surface area contributed by atoms with Gasteiger partial charge in [0.1, 0.15) is 5.82 Å². The van der Waals surface area contributed by atoms with Crippen LogP contribution < -0.4 is 5.32 Å². The molecule has 0 unspecified atom stereocenters. The first kappa shape index (κ1) is 17.9. The van der Waals surface area contributed by atoms with Crippen LogP contribution in [0.5, 0.6) is 0 Å². The van der Waals surface area contributed by atoms with Gasteiger partial charge in [-0.25, -0.2) is 4.39 Å². The molecule has 2 aromatic rings. The van der Waals surface area contributed by atoms with Crippen LogP contribution in [0.15, 0.2) is 53.4 Å². The first-order valence-electron chi connectivity index (χ1n) is 7.80. The highest BCUT2D eigenvalue weighted by Crippen LogP contribution is 2.33. The minimum absolute atomic E-state index is 0.101. The Morgan fingerprint density at radius 2 is 1.77 bits per heavy atom. The molecule has 0 spiro atoms. The largest absolute Gasteiger partial charge is 0.326 e. The van der Waals surface area contributed by atoms with Crippen LogP contribution in [0.2, 0.25) is 0 Å². The number of amides is 3. The molecule has 0 radical (unpaired) electrons. The number of imide groups is 1. The zero-order valence-electron chi connectivity index (χ0n) is 13.9. The normalized spacial score (nSPS) is 15.6. The number of halogens is 1. The fourth-order valence-corrected chi connectivity index (χ4v) is 3.26. The molecule has 5 nitrogen and oxygen atoms in total. The first-order valence-corrected chi connectivity index (χ1v) is 8.61. The zero-order chi connectivity index (χ0) is 18.7. The van der Waals surface area contributed by atoms with Gasteiger partial charge >= 0.3 is 0 Å². The van der Waals surface area contributed by atoms with Crippen molar-refractivity contribution >= 4 is 40.6 Å². The van der Waals surface area contributed by atoms with E-state index in [1.54, 1.807) is 42.5 Å². The zero-order valence-corrected chi connectivity index (χ0v) is 14.7. The van der Waals surface area contributed by atoms with Crippen molar-refractivity contribution in [3.8, 4) is 0 Å². The standard InChI is InChI=1S/C19H15FN2O3S/c1-12(23)21-16-8-4-13(5-9-16)10-17-18(24)22(19(25)26-17)11-14-2-6-15(20)7-3-14/h2-10H,11H2,1H3,(H,21,23)/b17-10-. The van der Waals surface area contributed by atoms with Crippen molar-refractivity contribution in [2.45, 2.75) is 13.5 Å². The average molecular weight is 370 g/mol. The van der Waals surface area contributed by atoms with Gasteiger partial charge in [0.25, 0.3) is 11.1 Å². The van der Waals surface area contributed by atoms with Crippen LogP contribution in [0.25, 0.3) is 6.08 Å². The van der Waals surface area contributed by atoms with E-state index in [9.17, 15) is 18.8 Å². The van der Waals surface area contributed by atoms with Crippen LogP contribution >= 0.6 is 11.8 Å². The summed E-state index contributed by atoms with van der Waals surface area (Å²) in [7, 11) is 0. The number of hydrogen-bond acceptors (Lipinski definition) is 4. The maximum Gasteiger partial charge on any atom is 0.293 e. The lowest BCUT2D eigenvalue weighted by Gasteiger charge is -2.12. The molecule has 132 valence electrons. The number of nitrogens with one attached hydrogen (secondary N) is 1. The van der Waals surface area contributed by atoms with Gasteiger partial charge in [-0.2, -0.15) is 0 Å². The summed E-state index contributed by atoms with van der Waals surface area (Å²) in [5.74, 6) is -0.916. The van der Waals surface area contributed by atoms with Crippen molar-refractivity contribution in [3.63, 3.8) is 0 Å². The number of carbonyl (C=O) groups is 3. The molecule has 0 bridgehead atoms. The highest BCUT2D eigenvalue weighted by atomic mass is 32.2. The summed E-state index contributed by atoms with van der Waals surface area (Å²) in [6.07, 6.45) is 1.63. The maximum atomic E-state index is 13.0. The molecule has 1 aliphatic rings. The third kappa shape index (κ3) is 4.18. The molecule has 1 fully saturated rings. The van der Waals surface area contributed by atoms with Gasteiger partial charge in [-0.3, -0.25) is 19.3 Å². The van der Waals surface area contributed by atoms with Crippen molar-refractivity contribution in [2.24, 2.45) is 0 Å². The lowest BCUT2D eigenvalue weighted by atomic mass is 10.2. The van der Waals surface area contributed by atoms with E-state index in [0.29, 0.717) is 16.2 Å². The maximum absolute atomic E-state index is 13.0. The van der Waals surface area contributed by atoms with E-state index in [2.05, 4.69) is 5.32 Å². The van der Waals surface area contributed by atoms with Gasteiger partial charge in [0.05, 0.1) is 11.4 Å². The van der Waals surface area contributed by atoms with E-state index in [4.69, 9.17) is 0 Å². The van der Waals surface area contributed by atoms with E-state index in [1.807, 2.05) is 0 Å². The van der Waals surface area contributed by atoms with Crippen molar-refractivity contribution in [1.29, 1.82) is 0 Å². The summed E-state index contributed by atoms with van der Waals surface area (Å²) >= 11 is 0.869. The summed E-state index contributed by atoms with van der Waals surface area (Å²) in [5.41, 5.74) is 2.07. The second-order valence-electron chi connectivity index (χ2n) is 5.70. The van der Waals surface area contributed by atoms with E-state index in [1.165, 1.54) is 19.1 Å². The summed E-state index contributed by atoms with van der Waals surface area (Å²) in [5, 5.41) is 2.30. The molecule has 3 rings (SSSR count). The third-order valence-corrected chi connectivity index (χ3v) is 4.56. The molecule has 0 atom stereocenters. The highest BCUT2D eigenvalue weighted by molar-refractivity contribution is 8.18. The number of thioether (sulfide) groups is 1. The van der Waals surface area contributed by atoms with E-state index in [-0.39, 0.29) is 29.4 Å². The molecule has 0 aromatic heterocycles. The Morgan fingerprint density at radius 3 is 2.38 bits per heavy atom. The minimum atomic E-state index is -0.379. The minimum Gasteiger partial charge on any atom is -0.326 e. The third-order valence-electron chi connectivity index (χ3n) is 3.66. The fourth-order valence-electron chi connectivity index (χ4n) is 2.43. The van der Waals surface area contributed by atoms with Gasteiger partial charge in [-0.15, -0.1) is 0 Å². The van der Waals surface area contributed by atoms with Crippen molar-refractivity contribution in [1.82, 2.24) is 4.90 Å². The molecule has 0 aliphatic carbocycles. The van der Waals surface area contributed by atoms with Crippen molar-refractivity contribution < 1.29 is 18.8 Å². The van der Waals surface area contributed by atoms with Crippen molar-refractivity contribution in [3.05, 3.63) is 70.4 Å². The second kappa shape index (κ2) is 7.53. The predicted molar refractivity (Wildman–Crippen MR) is 98.7 cm³/mol. The fraction of sp³-hybridized carbons (Fsp3) is 0.105. The Labute approximate surface area is 153 Å². The van der Waals surface area contributed by atoms with Crippen LogP contribution in [-0.2, 0) is 16.1 Å². The number of hydrogen-bond donors (Lipinski definition) is 1. The topological polar surface area (TPSA) is 66.5 Å². The summed E-state index contributed by atoms with van der Waals surface area (Å²) in [4.78, 5) is 37.1. The van der Waals surface area contributed by atoms with Crippen LogP contribution in [0.1, 0.15) is 18.1 Å². The molecule has 1 N–H and O–H groups in total. The van der Waals surface area contributed by atoms with E-state index < -0.39 is 0 Å². The van der Waals surface area contributed by atoms with Crippen LogP contribution in [0.4, 0.5) is 14.9 Å². The smallest absolute Gasteiger partial charge is 0.293 e. The average Bonchev–Trinajstić information content (AvgIpc) is 2.85. The lowest BCUT2D eigenvalue weighted by molar-refractivity contribution is -0.123. The van der Waals surface area contributed by atoms with Gasteiger partial charge in [-0.05, 0) is 53.2 Å². The number of benzene rings is 2. The lowest BCUT2D eigenvalue weighted by Crippen LogP contribution is -2.27. The van der Waals surface area contributed by atoms with Gasteiger partial charge < -0.3 is 5.32 Å². The Kier molecular flexibility index (Phi) is 5.18. The molecular weight excluding hydrogens is 355 g/mol. The molecule has 1 aliphatic heterocycles. The van der Waals surface area contributed by atoms with Gasteiger partial charge in [-0.1, -0.05) is 24.3 Å².